The van der Waals surface area contributed by atoms with Crippen LogP contribution in [0.1, 0.15) is 36.5 Å². The molecule has 45 heavy (non-hydrogen) atoms. The van der Waals surface area contributed by atoms with Crippen LogP contribution in [0, 0.1) is 12.7 Å². The molecule has 7 nitrogen and oxygen atoms in total. The minimum Gasteiger partial charge on any atom is -0.354 e. The van der Waals surface area contributed by atoms with Gasteiger partial charge in [-0.2, -0.15) is 0 Å². The standard InChI is InChI=1S/C35H37ClFN3O4S/c1-3-4-21-38-35(42)33(23-27-10-6-5-7-11-27)39(24-28-13-17-30(37)18-14-28)34(41)25-40(31-12-8-9-26(2)22-31)45(43,44)32-19-15-29(36)16-20-32/h5-20,22,33H,3-4,21,23-25H2,1-2H3,(H,38,42). The molecule has 0 aliphatic carbocycles. The second-order valence-corrected chi connectivity index (χ2v) is 13.1. The van der Waals surface area contributed by atoms with E-state index in [2.05, 4.69) is 5.32 Å². The first kappa shape index (κ1) is 33.7. The van der Waals surface area contributed by atoms with Gasteiger partial charge in [-0.05, 0) is 78.6 Å². The molecule has 0 saturated carbocycles. The number of nitrogens with one attached hydrogen (secondary N) is 1. The molecule has 1 atom stereocenters. The van der Waals surface area contributed by atoms with Crippen LogP contribution in [0.3, 0.4) is 0 Å². The lowest BCUT2D eigenvalue weighted by atomic mass is 10.0. The van der Waals surface area contributed by atoms with E-state index in [-0.39, 0.29) is 23.8 Å². The maximum Gasteiger partial charge on any atom is 0.264 e. The van der Waals surface area contributed by atoms with Gasteiger partial charge in [-0.15, -0.1) is 0 Å². The van der Waals surface area contributed by atoms with E-state index in [9.17, 15) is 22.4 Å². The van der Waals surface area contributed by atoms with Crippen LogP contribution in [0.5, 0.6) is 0 Å². The van der Waals surface area contributed by atoms with Crippen LogP contribution in [0.25, 0.3) is 0 Å². The van der Waals surface area contributed by atoms with Gasteiger partial charge in [-0.1, -0.05) is 79.5 Å². The van der Waals surface area contributed by atoms with Crippen molar-refractivity contribution in [2.75, 3.05) is 17.4 Å². The Morgan fingerprint density at radius 3 is 2.22 bits per heavy atom. The van der Waals surface area contributed by atoms with Gasteiger partial charge >= 0.3 is 0 Å². The number of sulfonamides is 1. The van der Waals surface area contributed by atoms with Crippen molar-refractivity contribution in [2.24, 2.45) is 0 Å². The summed E-state index contributed by atoms with van der Waals surface area (Å²) in [7, 11) is -4.24. The minimum atomic E-state index is -4.24. The lowest BCUT2D eigenvalue weighted by molar-refractivity contribution is -0.140. The summed E-state index contributed by atoms with van der Waals surface area (Å²) in [5.41, 5.74) is 2.52. The number of unbranched alkanes of at least 4 members (excludes halogenated alkanes) is 1. The van der Waals surface area contributed by atoms with E-state index >= 15 is 0 Å². The summed E-state index contributed by atoms with van der Waals surface area (Å²) in [6.45, 7) is 3.65. The number of hydrogen-bond donors (Lipinski definition) is 1. The first-order valence-corrected chi connectivity index (χ1v) is 16.6. The molecule has 0 saturated heterocycles. The summed E-state index contributed by atoms with van der Waals surface area (Å²) < 4.78 is 43.0. The molecule has 236 valence electrons. The Labute approximate surface area is 269 Å². The van der Waals surface area contributed by atoms with E-state index in [0.29, 0.717) is 22.8 Å². The number of halogens is 2. The molecule has 4 aromatic carbocycles. The first-order valence-electron chi connectivity index (χ1n) is 14.8. The Morgan fingerprint density at radius 2 is 1.58 bits per heavy atom. The smallest absolute Gasteiger partial charge is 0.264 e. The second kappa shape index (κ2) is 15.7. The molecule has 0 spiro atoms. The summed E-state index contributed by atoms with van der Waals surface area (Å²) in [4.78, 5) is 29.5. The maximum atomic E-state index is 14.4. The van der Waals surface area contributed by atoms with Crippen molar-refractivity contribution < 1.29 is 22.4 Å². The van der Waals surface area contributed by atoms with Gasteiger partial charge in [-0.25, -0.2) is 12.8 Å². The van der Waals surface area contributed by atoms with Crippen LogP contribution in [0.2, 0.25) is 5.02 Å². The predicted molar refractivity (Wildman–Crippen MR) is 176 cm³/mol. The fraction of sp³-hybridized carbons (Fsp3) is 0.257. The molecule has 0 bridgehead atoms. The fourth-order valence-electron chi connectivity index (χ4n) is 4.89. The average Bonchev–Trinajstić information content (AvgIpc) is 3.03. The van der Waals surface area contributed by atoms with Gasteiger partial charge in [0.2, 0.25) is 11.8 Å². The molecule has 1 N–H and O–H groups in total. The molecule has 0 aliphatic heterocycles. The van der Waals surface area contributed by atoms with Crippen molar-refractivity contribution in [1.82, 2.24) is 10.2 Å². The highest BCUT2D eigenvalue weighted by atomic mass is 35.5. The number of nitrogens with zero attached hydrogens (tertiary/aromatic N) is 2. The number of amides is 2. The molecule has 0 aromatic heterocycles. The summed E-state index contributed by atoms with van der Waals surface area (Å²) >= 11 is 6.04. The van der Waals surface area contributed by atoms with Crippen LogP contribution in [0.15, 0.2) is 108 Å². The third-order valence-electron chi connectivity index (χ3n) is 7.34. The van der Waals surface area contributed by atoms with Gasteiger partial charge in [-0.3, -0.25) is 13.9 Å². The van der Waals surface area contributed by atoms with E-state index in [1.165, 1.54) is 41.3 Å². The number of carbonyl (C=O) groups is 2. The average molecular weight is 650 g/mol. The van der Waals surface area contributed by atoms with Crippen molar-refractivity contribution in [3.8, 4) is 0 Å². The minimum absolute atomic E-state index is 0.0376. The summed E-state index contributed by atoms with van der Waals surface area (Å²) in [5.74, 6) is -1.38. The number of aryl methyl sites for hydroxylation is 1. The van der Waals surface area contributed by atoms with Gasteiger partial charge in [0.05, 0.1) is 10.6 Å². The highest BCUT2D eigenvalue weighted by Gasteiger charge is 2.34. The van der Waals surface area contributed by atoms with Crippen molar-refractivity contribution in [3.05, 3.63) is 131 Å². The van der Waals surface area contributed by atoms with Gasteiger partial charge in [0, 0.05) is 24.5 Å². The largest absolute Gasteiger partial charge is 0.354 e. The number of carbonyl (C=O) groups excluding carboxylic acids is 2. The van der Waals surface area contributed by atoms with Crippen LogP contribution in [0.4, 0.5) is 10.1 Å². The summed E-state index contributed by atoms with van der Waals surface area (Å²) in [6, 6.07) is 26.6. The quantitative estimate of drug-likeness (QED) is 0.157. The van der Waals surface area contributed by atoms with Crippen LogP contribution in [-0.4, -0.2) is 44.3 Å². The van der Waals surface area contributed by atoms with Crippen molar-refractivity contribution in [2.45, 2.75) is 50.6 Å². The van der Waals surface area contributed by atoms with E-state index < -0.39 is 34.3 Å². The van der Waals surface area contributed by atoms with Crippen LogP contribution in [-0.2, 0) is 32.6 Å². The third-order valence-corrected chi connectivity index (χ3v) is 9.38. The van der Waals surface area contributed by atoms with E-state index in [1.54, 1.807) is 30.3 Å². The molecule has 1 unspecified atom stereocenters. The molecular weight excluding hydrogens is 613 g/mol. The highest BCUT2D eigenvalue weighted by Crippen LogP contribution is 2.27. The molecule has 0 fully saturated rings. The zero-order valence-corrected chi connectivity index (χ0v) is 26.9. The molecule has 2 amide bonds. The van der Waals surface area contributed by atoms with Crippen LogP contribution >= 0.6 is 11.6 Å². The Hall–Kier alpha value is -4.21. The third kappa shape index (κ3) is 9.15. The molecular formula is C35H37ClFN3O4S. The van der Waals surface area contributed by atoms with Crippen LogP contribution < -0.4 is 9.62 Å². The number of anilines is 1. The normalized spacial score (nSPS) is 11.9. The fourth-order valence-corrected chi connectivity index (χ4v) is 6.42. The Bertz CT molecular complexity index is 1680. The lowest BCUT2D eigenvalue weighted by Crippen LogP contribution is -2.53. The van der Waals surface area contributed by atoms with Gasteiger partial charge in [0.1, 0.15) is 18.4 Å². The number of hydrogen-bond acceptors (Lipinski definition) is 4. The Kier molecular flexibility index (Phi) is 11.7. The summed E-state index contributed by atoms with van der Waals surface area (Å²) in [5, 5.41) is 3.32. The zero-order valence-electron chi connectivity index (χ0n) is 25.3. The van der Waals surface area contributed by atoms with Crippen molar-refractivity contribution >= 4 is 39.1 Å². The monoisotopic (exact) mass is 649 g/mol. The molecule has 0 radical (unpaired) electrons. The van der Waals surface area contributed by atoms with Crippen molar-refractivity contribution in [3.63, 3.8) is 0 Å². The topological polar surface area (TPSA) is 86.8 Å². The van der Waals surface area contributed by atoms with Gasteiger partial charge in [0.25, 0.3) is 10.0 Å². The molecule has 4 aromatic rings. The van der Waals surface area contributed by atoms with Gasteiger partial charge < -0.3 is 10.2 Å². The Morgan fingerprint density at radius 1 is 0.889 bits per heavy atom. The number of benzene rings is 4. The van der Waals surface area contributed by atoms with E-state index in [1.807, 2.05) is 50.2 Å². The predicted octanol–water partition coefficient (Wildman–Crippen LogP) is 6.54. The van der Waals surface area contributed by atoms with E-state index in [0.717, 1.165) is 28.3 Å². The highest BCUT2D eigenvalue weighted by molar-refractivity contribution is 7.92. The molecule has 0 heterocycles. The zero-order chi connectivity index (χ0) is 32.4. The molecule has 0 aliphatic rings. The van der Waals surface area contributed by atoms with E-state index in [4.69, 9.17) is 11.6 Å². The SMILES string of the molecule is CCCCNC(=O)C(Cc1ccccc1)N(Cc1ccc(F)cc1)C(=O)CN(c1cccc(C)c1)S(=O)(=O)c1ccc(Cl)cc1. The Balaban J connectivity index is 1.78. The van der Waals surface area contributed by atoms with Gasteiger partial charge in [0.15, 0.2) is 0 Å². The molecule has 10 heteroatoms. The number of rotatable bonds is 14. The second-order valence-electron chi connectivity index (χ2n) is 10.8. The van der Waals surface area contributed by atoms with Crippen molar-refractivity contribution in [1.29, 1.82) is 0 Å². The first-order chi connectivity index (χ1) is 21.6. The molecule has 4 rings (SSSR count). The lowest BCUT2D eigenvalue weighted by Gasteiger charge is -2.34. The maximum absolute atomic E-state index is 14.4. The summed E-state index contributed by atoms with van der Waals surface area (Å²) in [6.07, 6.45) is 1.83.